The lowest BCUT2D eigenvalue weighted by atomic mass is 10.2. The zero-order valence-corrected chi connectivity index (χ0v) is 14.9. The van der Waals surface area contributed by atoms with Crippen LogP contribution in [0.1, 0.15) is 13.3 Å². The Kier molecular flexibility index (Phi) is 6.41. The van der Waals surface area contributed by atoms with E-state index >= 15 is 0 Å². The van der Waals surface area contributed by atoms with Crippen molar-refractivity contribution in [2.45, 2.75) is 19.4 Å². The SMILES string of the molecule is C[C@H]1COCCN1C(=O)NCCCN1CCN(c2ncccn2)CC1. The van der Waals surface area contributed by atoms with Gasteiger partial charge in [-0.25, -0.2) is 14.8 Å². The number of nitrogens with one attached hydrogen (secondary N) is 1. The second kappa shape index (κ2) is 8.96. The molecule has 1 aromatic heterocycles. The van der Waals surface area contributed by atoms with Crippen molar-refractivity contribution >= 4 is 12.0 Å². The van der Waals surface area contributed by atoms with Gasteiger partial charge in [0.05, 0.1) is 19.3 Å². The van der Waals surface area contributed by atoms with Crippen LogP contribution < -0.4 is 10.2 Å². The first-order valence-corrected chi connectivity index (χ1v) is 9.10. The molecule has 0 radical (unpaired) electrons. The quantitative estimate of drug-likeness (QED) is 0.778. The number of rotatable bonds is 5. The number of nitrogens with zero attached hydrogens (tertiary/aromatic N) is 5. The van der Waals surface area contributed by atoms with Crippen molar-refractivity contribution < 1.29 is 9.53 Å². The van der Waals surface area contributed by atoms with E-state index in [1.807, 2.05) is 17.9 Å². The molecule has 2 saturated heterocycles. The van der Waals surface area contributed by atoms with Crippen LogP contribution in [-0.2, 0) is 4.74 Å². The minimum absolute atomic E-state index is 0.0295. The Morgan fingerprint density at radius 1 is 1.24 bits per heavy atom. The van der Waals surface area contributed by atoms with Gasteiger partial charge in [-0.3, -0.25) is 4.90 Å². The molecule has 1 N–H and O–H groups in total. The average Bonchev–Trinajstić information content (AvgIpc) is 2.66. The second-order valence-corrected chi connectivity index (χ2v) is 6.58. The number of carbonyl (C=O) groups is 1. The van der Waals surface area contributed by atoms with Crippen LogP contribution in [0.4, 0.5) is 10.7 Å². The van der Waals surface area contributed by atoms with Gasteiger partial charge in [-0.05, 0) is 26.0 Å². The summed E-state index contributed by atoms with van der Waals surface area (Å²) in [7, 11) is 0. The molecule has 0 aliphatic carbocycles. The van der Waals surface area contributed by atoms with E-state index in [0.29, 0.717) is 26.3 Å². The van der Waals surface area contributed by atoms with Gasteiger partial charge < -0.3 is 19.9 Å². The maximum Gasteiger partial charge on any atom is 0.317 e. The van der Waals surface area contributed by atoms with Crippen LogP contribution in [0.15, 0.2) is 18.5 Å². The first-order chi connectivity index (χ1) is 12.2. The maximum atomic E-state index is 12.2. The minimum atomic E-state index is 0.0295. The van der Waals surface area contributed by atoms with Gasteiger partial charge in [0.2, 0.25) is 5.95 Å². The molecule has 138 valence electrons. The third-order valence-corrected chi connectivity index (χ3v) is 4.76. The Hall–Kier alpha value is -1.93. The first kappa shape index (κ1) is 17.9. The summed E-state index contributed by atoms with van der Waals surface area (Å²) in [4.78, 5) is 27.3. The molecule has 0 bridgehead atoms. The van der Waals surface area contributed by atoms with E-state index < -0.39 is 0 Å². The molecule has 8 nitrogen and oxygen atoms in total. The highest BCUT2D eigenvalue weighted by Gasteiger charge is 2.23. The Morgan fingerprint density at radius 2 is 2.00 bits per heavy atom. The van der Waals surface area contributed by atoms with Gasteiger partial charge in [0.1, 0.15) is 0 Å². The van der Waals surface area contributed by atoms with Crippen molar-refractivity contribution in [1.29, 1.82) is 0 Å². The molecule has 3 heterocycles. The number of hydrogen-bond acceptors (Lipinski definition) is 6. The number of anilines is 1. The van der Waals surface area contributed by atoms with Crippen LogP contribution in [0, 0.1) is 0 Å². The number of amides is 2. The summed E-state index contributed by atoms with van der Waals surface area (Å²) in [6.45, 7) is 9.58. The molecule has 0 spiro atoms. The lowest BCUT2D eigenvalue weighted by Gasteiger charge is -2.35. The van der Waals surface area contributed by atoms with E-state index in [1.165, 1.54) is 0 Å². The van der Waals surface area contributed by atoms with Crippen molar-refractivity contribution in [3.05, 3.63) is 18.5 Å². The van der Waals surface area contributed by atoms with E-state index in [9.17, 15) is 4.79 Å². The molecule has 3 rings (SSSR count). The maximum absolute atomic E-state index is 12.2. The average molecular weight is 348 g/mol. The molecular formula is C17H28N6O2. The highest BCUT2D eigenvalue weighted by molar-refractivity contribution is 5.74. The van der Waals surface area contributed by atoms with Crippen LogP contribution >= 0.6 is 0 Å². The second-order valence-electron chi connectivity index (χ2n) is 6.58. The monoisotopic (exact) mass is 348 g/mol. The summed E-state index contributed by atoms with van der Waals surface area (Å²) >= 11 is 0. The number of morpholine rings is 1. The van der Waals surface area contributed by atoms with Crippen LogP contribution in [0.2, 0.25) is 0 Å². The fraction of sp³-hybridized carbons (Fsp3) is 0.706. The van der Waals surface area contributed by atoms with Crippen molar-refractivity contribution in [2.75, 3.05) is 63.9 Å². The van der Waals surface area contributed by atoms with Crippen LogP contribution in [0.5, 0.6) is 0 Å². The summed E-state index contributed by atoms with van der Waals surface area (Å²) in [5.41, 5.74) is 0. The number of piperazine rings is 1. The molecular weight excluding hydrogens is 320 g/mol. The van der Waals surface area contributed by atoms with E-state index in [2.05, 4.69) is 25.1 Å². The van der Waals surface area contributed by atoms with Gasteiger partial charge in [-0.2, -0.15) is 0 Å². The van der Waals surface area contributed by atoms with Crippen molar-refractivity contribution in [2.24, 2.45) is 0 Å². The fourth-order valence-electron chi connectivity index (χ4n) is 3.25. The van der Waals surface area contributed by atoms with Crippen molar-refractivity contribution in [1.82, 2.24) is 25.1 Å². The Bertz CT molecular complexity index is 535. The van der Waals surface area contributed by atoms with E-state index in [1.54, 1.807) is 12.4 Å². The zero-order valence-electron chi connectivity index (χ0n) is 14.9. The van der Waals surface area contributed by atoms with Crippen molar-refractivity contribution in [3.63, 3.8) is 0 Å². The number of carbonyl (C=O) groups excluding carboxylic acids is 1. The van der Waals surface area contributed by atoms with E-state index in [4.69, 9.17) is 4.74 Å². The lowest BCUT2D eigenvalue weighted by Crippen LogP contribution is -2.51. The predicted octanol–water partition coefficient (Wildman–Crippen LogP) is 0.419. The molecule has 0 unspecified atom stereocenters. The molecule has 25 heavy (non-hydrogen) atoms. The Labute approximate surface area is 149 Å². The molecule has 2 amide bonds. The summed E-state index contributed by atoms with van der Waals surface area (Å²) in [5, 5.41) is 3.03. The van der Waals surface area contributed by atoms with Gasteiger partial charge in [-0.1, -0.05) is 0 Å². The standard InChI is InChI=1S/C17H28N6O2/c1-15-14-25-13-12-23(15)17(24)20-6-3-7-21-8-10-22(11-9-21)16-18-4-2-5-19-16/h2,4-5,15H,3,6-14H2,1H3,(H,20,24)/t15-/m0/s1. The van der Waals surface area contributed by atoms with Crippen LogP contribution in [-0.4, -0.2) is 90.9 Å². The Morgan fingerprint density at radius 3 is 2.72 bits per heavy atom. The molecule has 8 heteroatoms. The van der Waals surface area contributed by atoms with Gasteiger partial charge in [0.15, 0.2) is 0 Å². The summed E-state index contributed by atoms with van der Waals surface area (Å²) in [5.74, 6) is 0.814. The fourth-order valence-corrected chi connectivity index (χ4v) is 3.25. The first-order valence-electron chi connectivity index (χ1n) is 9.10. The number of ether oxygens (including phenoxy) is 1. The Balaban J connectivity index is 1.30. The molecule has 1 aromatic rings. The van der Waals surface area contributed by atoms with Gasteiger partial charge in [0.25, 0.3) is 0 Å². The van der Waals surface area contributed by atoms with Gasteiger partial charge in [-0.15, -0.1) is 0 Å². The summed E-state index contributed by atoms with van der Waals surface area (Å²) in [6, 6.07) is 2.02. The van der Waals surface area contributed by atoms with Crippen LogP contribution in [0.25, 0.3) is 0 Å². The number of urea groups is 1. The highest BCUT2D eigenvalue weighted by atomic mass is 16.5. The molecule has 0 aromatic carbocycles. The van der Waals surface area contributed by atoms with Gasteiger partial charge in [0, 0.05) is 51.7 Å². The normalized spacial score (nSPS) is 22.0. The molecule has 2 fully saturated rings. The third-order valence-electron chi connectivity index (χ3n) is 4.76. The molecule has 2 aliphatic rings. The highest BCUT2D eigenvalue weighted by Crippen LogP contribution is 2.10. The smallest absolute Gasteiger partial charge is 0.317 e. The number of aromatic nitrogens is 2. The predicted molar refractivity (Wildman–Crippen MR) is 95.7 cm³/mol. The summed E-state index contributed by atoms with van der Waals surface area (Å²) in [6.07, 6.45) is 4.53. The number of hydrogen-bond donors (Lipinski definition) is 1. The topological polar surface area (TPSA) is 73.8 Å². The molecule has 2 aliphatic heterocycles. The largest absolute Gasteiger partial charge is 0.377 e. The van der Waals surface area contributed by atoms with Crippen LogP contribution in [0.3, 0.4) is 0 Å². The van der Waals surface area contributed by atoms with Gasteiger partial charge >= 0.3 is 6.03 Å². The summed E-state index contributed by atoms with van der Waals surface area (Å²) < 4.78 is 5.37. The third kappa shape index (κ3) is 5.02. The minimum Gasteiger partial charge on any atom is -0.377 e. The van der Waals surface area contributed by atoms with Crippen molar-refractivity contribution in [3.8, 4) is 0 Å². The molecule has 0 saturated carbocycles. The molecule has 1 atom stereocenters. The lowest BCUT2D eigenvalue weighted by molar-refractivity contribution is 0.0190. The van der Waals surface area contributed by atoms with E-state index in [-0.39, 0.29) is 12.1 Å². The zero-order chi connectivity index (χ0) is 17.5. The van der Waals surface area contributed by atoms with E-state index in [0.717, 1.165) is 45.1 Å².